The van der Waals surface area contributed by atoms with E-state index in [2.05, 4.69) is 15.9 Å². The number of fused-ring (bicyclic) bond motifs is 1. The third-order valence-electron chi connectivity index (χ3n) is 4.94. The van der Waals surface area contributed by atoms with Gasteiger partial charge in [0, 0.05) is 64.5 Å². The van der Waals surface area contributed by atoms with E-state index >= 15 is 0 Å². The number of furan rings is 1. The van der Waals surface area contributed by atoms with Crippen LogP contribution in [0.15, 0.2) is 23.0 Å². The van der Waals surface area contributed by atoms with Gasteiger partial charge in [-0.05, 0) is 12.5 Å². The van der Waals surface area contributed by atoms with Crippen molar-refractivity contribution < 1.29 is 13.9 Å². The minimum absolute atomic E-state index is 0.392. The summed E-state index contributed by atoms with van der Waals surface area (Å²) in [7, 11) is 3.62. The van der Waals surface area contributed by atoms with Crippen molar-refractivity contribution >= 4 is 0 Å². The van der Waals surface area contributed by atoms with Gasteiger partial charge in [0.05, 0.1) is 25.2 Å². The highest BCUT2D eigenvalue weighted by Gasteiger charge is 2.44. The van der Waals surface area contributed by atoms with Crippen molar-refractivity contribution in [3.8, 4) is 0 Å². The van der Waals surface area contributed by atoms with Crippen LogP contribution in [0.1, 0.15) is 12.0 Å². The number of hydrogen-bond donors (Lipinski definition) is 0. The molecule has 0 radical (unpaired) electrons. The Bertz CT molecular complexity index is 423. The summed E-state index contributed by atoms with van der Waals surface area (Å²) in [6.07, 6.45) is 5.12. The molecule has 5 heteroatoms. The first-order valence-electron chi connectivity index (χ1n) is 7.81. The average molecular weight is 294 g/mol. The number of rotatable bonds is 6. The van der Waals surface area contributed by atoms with Crippen LogP contribution in [0.25, 0.3) is 0 Å². The van der Waals surface area contributed by atoms with Crippen LogP contribution in [-0.2, 0) is 16.0 Å². The molecule has 1 aromatic rings. The van der Waals surface area contributed by atoms with Gasteiger partial charge in [0.2, 0.25) is 0 Å². The number of ether oxygens (including phenoxy) is 2. The Balaban J connectivity index is 1.66. The fraction of sp³-hybridized carbons (Fsp3) is 0.750. The van der Waals surface area contributed by atoms with E-state index in [0.29, 0.717) is 18.1 Å². The second-order valence-electron chi connectivity index (χ2n) is 6.15. The maximum absolute atomic E-state index is 5.74. The molecule has 118 valence electrons. The summed E-state index contributed by atoms with van der Waals surface area (Å²) >= 11 is 0. The van der Waals surface area contributed by atoms with Crippen LogP contribution in [0, 0.1) is 5.92 Å². The smallest absolute Gasteiger partial charge is 0.0947 e. The monoisotopic (exact) mass is 294 g/mol. The van der Waals surface area contributed by atoms with Crippen molar-refractivity contribution in [1.82, 2.24) is 9.80 Å². The van der Waals surface area contributed by atoms with Crippen molar-refractivity contribution in [2.24, 2.45) is 5.92 Å². The Morgan fingerprint density at radius 1 is 1.33 bits per heavy atom. The normalized spacial score (nSPS) is 30.7. The number of piperidine rings is 1. The third-order valence-corrected chi connectivity index (χ3v) is 4.94. The highest BCUT2D eigenvalue weighted by atomic mass is 16.5. The number of hydrogen-bond acceptors (Lipinski definition) is 5. The molecule has 2 saturated heterocycles. The summed E-state index contributed by atoms with van der Waals surface area (Å²) < 4.78 is 16.2. The maximum atomic E-state index is 5.74. The zero-order valence-corrected chi connectivity index (χ0v) is 13.0. The van der Waals surface area contributed by atoms with E-state index in [1.54, 1.807) is 13.4 Å². The van der Waals surface area contributed by atoms with E-state index in [4.69, 9.17) is 13.9 Å². The summed E-state index contributed by atoms with van der Waals surface area (Å²) in [4.78, 5) is 5.11. The van der Waals surface area contributed by atoms with Crippen molar-refractivity contribution in [3.05, 3.63) is 24.2 Å². The maximum Gasteiger partial charge on any atom is 0.0947 e. The predicted octanol–water partition coefficient (Wildman–Crippen LogP) is 1.45. The Morgan fingerprint density at radius 2 is 2.24 bits per heavy atom. The molecule has 3 atom stereocenters. The van der Waals surface area contributed by atoms with Crippen LogP contribution >= 0.6 is 0 Å². The van der Waals surface area contributed by atoms with Gasteiger partial charge in [0.1, 0.15) is 0 Å². The van der Waals surface area contributed by atoms with E-state index in [1.165, 1.54) is 5.56 Å². The van der Waals surface area contributed by atoms with Gasteiger partial charge in [0.15, 0.2) is 0 Å². The van der Waals surface area contributed by atoms with Crippen LogP contribution in [-0.4, -0.2) is 69.0 Å². The lowest BCUT2D eigenvalue weighted by atomic mass is 9.89. The van der Waals surface area contributed by atoms with E-state index in [1.807, 2.05) is 13.4 Å². The molecular formula is C16H26N2O3. The fourth-order valence-corrected chi connectivity index (χ4v) is 3.83. The molecule has 0 N–H and O–H groups in total. The minimum Gasteiger partial charge on any atom is -0.472 e. The van der Waals surface area contributed by atoms with Gasteiger partial charge >= 0.3 is 0 Å². The quantitative estimate of drug-likeness (QED) is 0.794. The highest BCUT2D eigenvalue weighted by Crippen LogP contribution is 2.33. The third kappa shape index (κ3) is 3.31. The lowest BCUT2D eigenvalue weighted by molar-refractivity contribution is -0.0245. The topological polar surface area (TPSA) is 38.1 Å². The first-order valence-corrected chi connectivity index (χ1v) is 7.81. The molecule has 1 aromatic heterocycles. The summed E-state index contributed by atoms with van der Waals surface area (Å²) in [5.74, 6) is 0.604. The Labute approximate surface area is 126 Å². The minimum atomic E-state index is 0.392. The van der Waals surface area contributed by atoms with Gasteiger partial charge in [0.25, 0.3) is 0 Å². The van der Waals surface area contributed by atoms with Gasteiger partial charge in [-0.2, -0.15) is 0 Å². The molecule has 0 amide bonds. The number of methoxy groups -OCH3 is 2. The van der Waals surface area contributed by atoms with Crippen LogP contribution in [0.5, 0.6) is 0 Å². The van der Waals surface area contributed by atoms with Crippen LogP contribution in [0.4, 0.5) is 0 Å². The molecular weight excluding hydrogens is 268 g/mol. The molecule has 21 heavy (non-hydrogen) atoms. The summed E-state index contributed by atoms with van der Waals surface area (Å²) in [6, 6.07) is 2.64. The molecule has 5 nitrogen and oxygen atoms in total. The average Bonchev–Trinajstić information content (AvgIpc) is 3.14. The van der Waals surface area contributed by atoms with Crippen LogP contribution in [0.2, 0.25) is 0 Å². The van der Waals surface area contributed by atoms with Gasteiger partial charge in [-0.1, -0.05) is 0 Å². The number of likely N-dealkylation sites (tertiary alicyclic amines) is 2. The summed E-state index contributed by atoms with van der Waals surface area (Å²) in [6.45, 7) is 6.13. The van der Waals surface area contributed by atoms with Gasteiger partial charge in [-0.3, -0.25) is 9.80 Å². The standard InChI is InChI=1S/C16H26N2O3/c1-19-8-6-17-10-14-15(11-17)18(5-3-16(14)20-2)9-13-4-7-21-12-13/h4,7,12,14-16H,3,5-6,8-11H2,1-2H3/t14-,15+,16-/m0/s1. The predicted molar refractivity (Wildman–Crippen MR) is 80.1 cm³/mol. The van der Waals surface area contributed by atoms with Crippen molar-refractivity contribution in [1.29, 1.82) is 0 Å². The molecule has 0 unspecified atom stereocenters. The second kappa shape index (κ2) is 6.92. The van der Waals surface area contributed by atoms with E-state index in [9.17, 15) is 0 Å². The molecule has 3 heterocycles. The van der Waals surface area contributed by atoms with Crippen molar-refractivity contribution in [3.63, 3.8) is 0 Å². The van der Waals surface area contributed by atoms with E-state index < -0.39 is 0 Å². The van der Waals surface area contributed by atoms with Gasteiger partial charge < -0.3 is 13.9 Å². The Morgan fingerprint density at radius 3 is 2.95 bits per heavy atom. The molecule has 2 aliphatic rings. The first kappa shape index (κ1) is 15.0. The molecule has 2 fully saturated rings. The Kier molecular flexibility index (Phi) is 4.95. The zero-order valence-electron chi connectivity index (χ0n) is 13.0. The SMILES string of the molecule is COCCN1C[C@@H]2[C@@H](OC)CCN(Cc3ccoc3)[C@@H]2C1. The fourth-order valence-electron chi connectivity index (χ4n) is 3.83. The molecule has 0 aliphatic carbocycles. The summed E-state index contributed by atoms with van der Waals surface area (Å²) in [5, 5.41) is 0. The molecule has 0 saturated carbocycles. The van der Waals surface area contributed by atoms with Crippen molar-refractivity contribution in [2.45, 2.75) is 25.1 Å². The largest absolute Gasteiger partial charge is 0.472 e. The first-order chi connectivity index (χ1) is 10.3. The van der Waals surface area contributed by atoms with Crippen LogP contribution < -0.4 is 0 Å². The molecule has 0 aromatic carbocycles. The van der Waals surface area contributed by atoms with Crippen LogP contribution in [0.3, 0.4) is 0 Å². The summed E-state index contributed by atoms with van der Waals surface area (Å²) in [5.41, 5.74) is 1.26. The molecule has 2 aliphatic heterocycles. The number of nitrogens with zero attached hydrogens (tertiary/aromatic N) is 2. The van der Waals surface area contributed by atoms with E-state index in [-0.39, 0.29) is 0 Å². The molecule has 3 rings (SSSR count). The zero-order chi connectivity index (χ0) is 14.7. The van der Waals surface area contributed by atoms with Gasteiger partial charge in [-0.15, -0.1) is 0 Å². The highest BCUT2D eigenvalue weighted by molar-refractivity contribution is 5.07. The Hall–Kier alpha value is -0.880. The van der Waals surface area contributed by atoms with Crippen molar-refractivity contribution in [2.75, 3.05) is 47.0 Å². The molecule has 0 spiro atoms. The molecule has 0 bridgehead atoms. The van der Waals surface area contributed by atoms with Gasteiger partial charge in [-0.25, -0.2) is 0 Å². The lowest BCUT2D eigenvalue weighted by Gasteiger charge is -2.41. The lowest BCUT2D eigenvalue weighted by Crippen LogP contribution is -2.50. The second-order valence-corrected chi connectivity index (χ2v) is 6.15. The van der Waals surface area contributed by atoms with E-state index in [0.717, 1.165) is 45.8 Å².